The van der Waals surface area contributed by atoms with Crippen LogP contribution in [0.5, 0.6) is 0 Å². The van der Waals surface area contributed by atoms with Crippen LogP contribution in [0.3, 0.4) is 0 Å². The van der Waals surface area contributed by atoms with Crippen molar-refractivity contribution in [3.05, 3.63) is 0 Å². The minimum atomic E-state index is -1.54. The van der Waals surface area contributed by atoms with Crippen LogP contribution >= 0.6 is 0 Å². The summed E-state index contributed by atoms with van der Waals surface area (Å²) in [6.07, 6.45) is -1.34. The highest BCUT2D eigenvalue weighted by Crippen LogP contribution is 2.06. The standard InChI is InChI=1S/C8H13NO6/c1-4(10)7(8(14)15)9(5(2)11)3-6(12)13/h4,7,10H,3H2,1-2H3,(H,12,13)(H,14,15)/t4-,7+/m1/s1. The second-order valence-electron chi connectivity index (χ2n) is 3.06. The molecule has 0 aliphatic carbocycles. The van der Waals surface area contributed by atoms with E-state index in [0.717, 1.165) is 6.92 Å². The van der Waals surface area contributed by atoms with Gasteiger partial charge in [-0.2, -0.15) is 0 Å². The first-order valence-electron chi connectivity index (χ1n) is 4.17. The van der Waals surface area contributed by atoms with Gasteiger partial charge >= 0.3 is 11.9 Å². The van der Waals surface area contributed by atoms with Crippen molar-refractivity contribution in [3.63, 3.8) is 0 Å². The Morgan fingerprint density at radius 3 is 1.93 bits per heavy atom. The number of carboxylic acids is 2. The zero-order valence-electron chi connectivity index (χ0n) is 8.38. The molecule has 86 valence electrons. The number of amides is 1. The Bertz CT molecular complexity index is 274. The Morgan fingerprint density at radius 1 is 1.27 bits per heavy atom. The summed E-state index contributed by atoms with van der Waals surface area (Å²) in [7, 11) is 0. The number of carboxylic acid groups (broad SMARTS) is 2. The number of aliphatic carboxylic acids is 2. The molecule has 0 heterocycles. The number of carbonyl (C=O) groups excluding carboxylic acids is 1. The molecule has 15 heavy (non-hydrogen) atoms. The average Bonchev–Trinajstić information content (AvgIpc) is 2.00. The molecule has 0 rings (SSSR count). The molecule has 0 aromatic carbocycles. The van der Waals surface area contributed by atoms with Gasteiger partial charge in [-0.05, 0) is 6.92 Å². The molecule has 3 N–H and O–H groups in total. The van der Waals surface area contributed by atoms with E-state index in [2.05, 4.69) is 0 Å². The summed E-state index contributed by atoms with van der Waals surface area (Å²) < 4.78 is 0. The van der Waals surface area contributed by atoms with Crippen LogP contribution < -0.4 is 0 Å². The van der Waals surface area contributed by atoms with Crippen molar-refractivity contribution in [2.45, 2.75) is 26.0 Å². The van der Waals surface area contributed by atoms with Crippen LogP contribution in [-0.2, 0) is 14.4 Å². The summed E-state index contributed by atoms with van der Waals surface area (Å²) in [5.74, 6) is -3.50. The molecule has 0 aromatic heterocycles. The van der Waals surface area contributed by atoms with Crippen molar-refractivity contribution < 1.29 is 29.7 Å². The monoisotopic (exact) mass is 219 g/mol. The van der Waals surface area contributed by atoms with Gasteiger partial charge in [0.25, 0.3) is 0 Å². The van der Waals surface area contributed by atoms with E-state index in [0.29, 0.717) is 4.90 Å². The third-order valence-corrected chi connectivity index (χ3v) is 1.76. The van der Waals surface area contributed by atoms with Crippen LogP contribution in [0.25, 0.3) is 0 Å². The Balaban J connectivity index is 4.92. The van der Waals surface area contributed by atoms with Crippen molar-refractivity contribution in [1.82, 2.24) is 4.90 Å². The third kappa shape index (κ3) is 3.94. The van der Waals surface area contributed by atoms with E-state index in [1.165, 1.54) is 6.92 Å². The van der Waals surface area contributed by atoms with Gasteiger partial charge in [0.1, 0.15) is 6.54 Å². The highest BCUT2D eigenvalue weighted by Gasteiger charge is 2.33. The maximum atomic E-state index is 11.0. The molecule has 0 saturated heterocycles. The van der Waals surface area contributed by atoms with E-state index in [9.17, 15) is 14.4 Å². The Hall–Kier alpha value is -1.63. The summed E-state index contributed by atoms with van der Waals surface area (Å²) in [5, 5.41) is 26.4. The maximum absolute atomic E-state index is 11.0. The summed E-state index contributed by atoms with van der Waals surface area (Å²) in [4.78, 5) is 32.7. The third-order valence-electron chi connectivity index (χ3n) is 1.76. The fraction of sp³-hybridized carbons (Fsp3) is 0.625. The zero-order valence-corrected chi connectivity index (χ0v) is 8.38. The number of nitrogens with zero attached hydrogens (tertiary/aromatic N) is 1. The second kappa shape index (κ2) is 5.30. The zero-order chi connectivity index (χ0) is 12.2. The van der Waals surface area contributed by atoms with Gasteiger partial charge in [0.2, 0.25) is 5.91 Å². The fourth-order valence-electron chi connectivity index (χ4n) is 1.15. The minimum Gasteiger partial charge on any atom is -0.480 e. The van der Waals surface area contributed by atoms with Gasteiger partial charge in [0.15, 0.2) is 6.04 Å². The van der Waals surface area contributed by atoms with E-state index < -0.39 is 36.5 Å². The largest absolute Gasteiger partial charge is 0.480 e. The molecule has 0 fully saturated rings. The molecule has 0 aliphatic rings. The van der Waals surface area contributed by atoms with Crippen LogP contribution in [0.2, 0.25) is 0 Å². The van der Waals surface area contributed by atoms with Crippen LogP contribution in [0, 0.1) is 0 Å². The first-order valence-corrected chi connectivity index (χ1v) is 4.17. The Labute approximate surface area is 85.9 Å². The Morgan fingerprint density at radius 2 is 1.73 bits per heavy atom. The molecule has 0 saturated carbocycles. The van der Waals surface area contributed by atoms with E-state index in [4.69, 9.17) is 15.3 Å². The van der Waals surface area contributed by atoms with Crippen LogP contribution in [0.1, 0.15) is 13.8 Å². The molecule has 0 aliphatic heterocycles. The van der Waals surface area contributed by atoms with Gasteiger partial charge in [-0.15, -0.1) is 0 Å². The van der Waals surface area contributed by atoms with Crippen LogP contribution in [0.4, 0.5) is 0 Å². The lowest BCUT2D eigenvalue weighted by Gasteiger charge is -2.28. The van der Waals surface area contributed by atoms with Crippen molar-refractivity contribution in [2.75, 3.05) is 6.54 Å². The molecule has 2 atom stereocenters. The molecule has 0 bridgehead atoms. The molecular weight excluding hydrogens is 206 g/mol. The van der Waals surface area contributed by atoms with Gasteiger partial charge in [-0.3, -0.25) is 9.59 Å². The van der Waals surface area contributed by atoms with E-state index in [1.807, 2.05) is 0 Å². The van der Waals surface area contributed by atoms with Crippen LogP contribution in [0.15, 0.2) is 0 Å². The topological polar surface area (TPSA) is 115 Å². The first kappa shape index (κ1) is 13.4. The van der Waals surface area contributed by atoms with E-state index in [1.54, 1.807) is 0 Å². The smallest absolute Gasteiger partial charge is 0.329 e. The van der Waals surface area contributed by atoms with Crippen molar-refractivity contribution >= 4 is 17.8 Å². The van der Waals surface area contributed by atoms with Gasteiger partial charge in [-0.1, -0.05) is 0 Å². The van der Waals surface area contributed by atoms with E-state index >= 15 is 0 Å². The number of aliphatic hydroxyl groups excluding tert-OH is 1. The second-order valence-corrected chi connectivity index (χ2v) is 3.06. The van der Waals surface area contributed by atoms with Gasteiger partial charge in [-0.25, -0.2) is 4.79 Å². The number of carbonyl (C=O) groups is 3. The highest BCUT2D eigenvalue weighted by atomic mass is 16.4. The number of hydrogen-bond acceptors (Lipinski definition) is 4. The summed E-state index contributed by atoms with van der Waals surface area (Å²) in [5.41, 5.74) is 0. The van der Waals surface area contributed by atoms with Crippen molar-refractivity contribution in [2.24, 2.45) is 0 Å². The number of hydrogen-bond donors (Lipinski definition) is 3. The van der Waals surface area contributed by atoms with Crippen LogP contribution in [-0.4, -0.2) is 56.8 Å². The summed E-state index contributed by atoms with van der Waals surface area (Å²) in [6.45, 7) is 1.47. The molecule has 7 heteroatoms. The van der Waals surface area contributed by atoms with E-state index in [-0.39, 0.29) is 0 Å². The lowest BCUT2D eigenvalue weighted by atomic mass is 10.1. The highest BCUT2D eigenvalue weighted by molar-refractivity contribution is 5.86. The van der Waals surface area contributed by atoms with Gasteiger partial charge < -0.3 is 20.2 Å². The van der Waals surface area contributed by atoms with Crippen molar-refractivity contribution in [3.8, 4) is 0 Å². The first-order chi connectivity index (χ1) is 6.77. The number of aliphatic hydroxyl groups is 1. The quantitative estimate of drug-likeness (QED) is 0.532. The number of rotatable bonds is 5. The van der Waals surface area contributed by atoms with Gasteiger partial charge in [0.05, 0.1) is 6.10 Å². The lowest BCUT2D eigenvalue weighted by Crippen LogP contribution is -2.51. The fourth-order valence-corrected chi connectivity index (χ4v) is 1.15. The normalized spacial score (nSPS) is 14.1. The van der Waals surface area contributed by atoms with Crippen molar-refractivity contribution in [1.29, 1.82) is 0 Å². The SMILES string of the molecule is CC(=O)N(CC(=O)O)[C@H](C(=O)O)[C@@H](C)O. The lowest BCUT2D eigenvalue weighted by molar-refractivity contribution is -0.157. The predicted octanol–water partition coefficient (Wildman–Crippen LogP) is -1.25. The Kier molecular flexibility index (Phi) is 4.72. The predicted molar refractivity (Wildman–Crippen MR) is 48.1 cm³/mol. The minimum absolute atomic E-state index is 0.593. The summed E-state index contributed by atoms with van der Waals surface area (Å²) in [6, 6.07) is -1.54. The molecule has 0 spiro atoms. The molecule has 0 unspecified atom stereocenters. The molecule has 0 aromatic rings. The molecule has 7 nitrogen and oxygen atoms in total. The maximum Gasteiger partial charge on any atom is 0.329 e. The molecule has 1 amide bonds. The summed E-state index contributed by atoms with van der Waals surface area (Å²) >= 11 is 0. The molecular formula is C8H13NO6. The average molecular weight is 219 g/mol. The molecule has 0 radical (unpaired) electrons. The van der Waals surface area contributed by atoms with Gasteiger partial charge in [0, 0.05) is 6.92 Å².